The fourth-order valence-corrected chi connectivity index (χ4v) is 2.09. The van der Waals surface area contributed by atoms with Gasteiger partial charge in [-0.3, -0.25) is 0 Å². The molecule has 1 atom stereocenters. The third kappa shape index (κ3) is 3.51. The summed E-state index contributed by atoms with van der Waals surface area (Å²) in [7, 11) is 1.91. The van der Waals surface area contributed by atoms with E-state index in [-0.39, 0.29) is 0 Å². The summed E-state index contributed by atoms with van der Waals surface area (Å²) in [6.45, 7) is 1.94. The van der Waals surface area contributed by atoms with Crippen molar-refractivity contribution in [2.75, 3.05) is 5.75 Å². The van der Waals surface area contributed by atoms with Crippen LogP contribution in [0.4, 0.5) is 0 Å². The molecule has 1 rings (SSSR count). The van der Waals surface area contributed by atoms with E-state index < -0.39 is 5.54 Å². The number of hydrogen-bond donors (Lipinski definition) is 1. The van der Waals surface area contributed by atoms with Crippen LogP contribution >= 0.6 is 11.8 Å². The van der Waals surface area contributed by atoms with E-state index in [4.69, 9.17) is 11.0 Å². The maximum absolute atomic E-state index is 8.90. The summed E-state index contributed by atoms with van der Waals surface area (Å²) in [5.41, 5.74) is 5.22. The van der Waals surface area contributed by atoms with Crippen molar-refractivity contribution in [3.8, 4) is 6.07 Å². The minimum Gasteiger partial charge on any atom is -0.313 e. The second-order valence-electron chi connectivity index (χ2n) is 3.80. The average Bonchev–Trinajstić information content (AvgIpc) is 2.70. The molecule has 1 heterocycles. The molecule has 0 aliphatic rings. The molecule has 0 saturated carbocycles. The highest BCUT2D eigenvalue weighted by atomic mass is 32.2. The van der Waals surface area contributed by atoms with E-state index in [1.54, 1.807) is 18.1 Å². The zero-order chi connectivity index (χ0) is 12.0. The molecule has 0 fully saturated rings. The van der Waals surface area contributed by atoms with Gasteiger partial charge in [0.15, 0.2) is 5.16 Å². The summed E-state index contributed by atoms with van der Waals surface area (Å²) in [5, 5.41) is 17.6. The van der Waals surface area contributed by atoms with Crippen molar-refractivity contribution in [1.29, 1.82) is 5.26 Å². The van der Waals surface area contributed by atoms with Crippen LogP contribution in [-0.4, -0.2) is 26.1 Å². The van der Waals surface area contributed by atoms with Crippen LogP contribution in [0.5, 0.6) is 0 Å². The van der Waals surface area contributed by atoms with Crippen molar-refractivity contribution < 1.29 is 0 Å². The van der Waals surface area contributed by atoms with E-state index in [0.29, 0.717) is 6.42 Å². The third-order valence-electron chi connectivity index (χ3n) is 2.52. The number of nitrogens with two attached hydrogens (primary N) is 1. The molecule has 5 nitrogen and oxygen atoms in total. The van der Waals surface area contributed by atoms with Gasteiger partial charge >= 0.3 is 0 Å². The Hall–Kier alpha value is -1.06. The fourth-order valence-electron chi connectivity index (χ4n) is 1.27. The number of thioether (sulfide) groups is 1. The lowest BCUT2D eigenvalue weighted by atomic mass is 9.94. The van der Waals surface area contributed by atoms with Crippen molar-refractivity contribution in [3.63, 3.8) is 0 Å². The summed E-state index contributed by atoms with van der Waals surface area (Å²) < 4.78 is 1.88. The molecule has 88 valence electrons. The molecule has 0 saturated heterocycles. The van der Waals surface area contributed by atoms with E-state index in [1.807, 2.05) is 18.5 Å². The molecule has 6 heteroatoms. The maximum atomic E-state index is 8.90. The summed E-state index contributed by atoms with van der Waals surface area (Å²) in [4.78, 5) is 0. The lowest BCUT2D eigenvalue weighted by Gasteiger charge is -2.18. The summed E-state index contributed by atoms with van der Waals surface area (Å²) in [6, 6.07) is 2.17. The Balaban J connectivity index is 2.28. The smallest absolute Gasteiger partial charge is 0.190 e. The monoisotopic (exact) mass is 239 g/mol. The van der Waals surface area contributed by atoms with Crippen LogP contribution in [0.3, 0.4) is 0 Å². The predicted molar refractivity (Wildman–Crippen MR) is 63.8 cm³/mol. The van der Waals surface area contributed by atoms with Gasteiger partial charge in [-0.25, -0.2) is 0 Å². The molecule has 0 aliphatic carbocycles. The van der Waals surface area contributed by atoms with Gasteiger partial charge in [-0.1, -0.05) is 18.7 Å². The predicted octanol–water partition coefficient (Wildman–Crippen LogP) is 1.32. The molecule has 0 bridgehead atoms. The van der Waals surface area contributed by atoms with Crippen molar-refractivity contribution >= 4 is 11.8 Å². The highest BCUT2D eigenvalue weighted by molar-refractivity contribution is 7.99. The molecule has 0 radical (unpaired) electrons. The van der Waals surface area contributed by atoms with Gasteiger partial charge in [0.05, 0.1) is 6.07 Å². The molecule has 1 unspecified atom stereocenters. The molecule has 0 amide bonds. The normalized spacial score (nSPS) is 14.4. The van der Waals surface area contributed by atoms with Crippen LogP contribution in [0.15, 0.2) is 11.5 Å². The Morgan fingerprint density at radius 1 is 1.69 bits per heavy atom. The van der Waals surface area contributed by atoms with Gasteiger partial charge in [-0.2, -0.15) is 5.26 Å². The Morgan fingerprint density at radius 2 is 2.44 bits per heavy atom. The largest absolute Gasteiger partial charge is 0.313 e. The minimum atomic E-state index is -0.666. The minimum absolute atomic E-state index is 0.666. The number of hydrogen-bond acceptors (Lipinski definition) is 5. The molecule has 0 aliphatic heterocycles. The molecule has 16 heavy (non-hydrogen) atoms. The molecule has 0 spiro atoms. The first kappa shape index (κ1) is 13.0. The number of aromatic nitrogens is 3. The highest BCUT2D eigenvalue weighted by Crippen LogP contribution is 2.19. The number of nitrogens with zero attached hydrogens (tertiary/aromatic N) is 4. The second-order valence-corrected chi connectivity index (χ2v) is 4.86. The Labute approximate surface area is 100 Å². The molecular formula is C10H17N5S. The van der Waals surface area contributed by atoms with Gasteiger partial charge in [0.25, 0.3) is 0 Å². The van der Waals surface area contributed by atoms with Crippen LogP contribution in [0.2, 0.25) is 0 Å². The van der Waals surface area contributed by atoms with E-state index in [9.17, 15) is 0 Å². The van der Waals surface area contributed by atoms with E-state index in [2.05, 4.69) is 16.3 Å². The lowest BCUT2D eigenvalue weighted by molar-refractivity contribution is 0.478. The van der Waals surface area contributed by atoms with Gasteiger partial charge in [-0.05, 0) is 19.3 Å². The summed E-state index contributed by atoms with van der Waals surface area (Å²) in [6.07, 6.45) is 4.01. The Kier molecular flexibility index (Phi) is 4.77. The topological polar surface area (TPSA) is 80.5 Å². The van der Waals surface area contributed by atoms with Gasteiger partial charge in [-0.15, -0.1) is 10.2 Å². The van der Waals surface area contributed by atoms with Crippen LogP contribution in [0, 0.1) is 11.3 Å². The van der Waals surface area contributed by atoms with Gasteiger partial charge in [0.2, 0.25) is 0 Å². The number of nitriles is 1. The average molecular weight is 239 g/mol. The van der Waals surface area contributed by atoms with Crippen LogP contribution in [0.1, 0.15) is 26.2 Å². The Morgan fingerprint density at radius 3 is 2.94 bits per heavy atom. The highest BCUT2D eigenvalue weighted by Gasteiger charge is 2.20. The first-order valence-electron chi connectivity index (χ1n) is 5.28. The van der Waals surface area contributed by atoms with E-state index in [0.717, 1.165) is 23.8 Å². The number of aryl methyl sites for hydroxylation is 1. The molecular weight excluding hydrogens is 222 g/mol. The molecule has 1 aromatic rings. The lowest BCUT2D eigenvalue weighted by Crippen LogP contribution is -2.37. The van der Waals surface area contributed by atoms with Crippen molar-refractivity contribution in [3.05, 3.63) is 6.33 Å². The zero-order valence-corrected chi connectivity index (χ0v) is 10.5. The van der Waals surface area contributed by atoms with Crippen LogP contribution < -0.4 is 5.73 Å². The second kappa shape index (κ2) is 5.87. The standard InChI is InChI=1S/C10H17N5S/c1-3-10(12,7-11)5-4-6-16-9-14-13-8-15(9)2/h8H,3-6,12H2,1-2H3. The maximum Gasteiger partial charge on any atom is 0.190 e. The van der Waals surface area contributed by atoms with Crippen LogP contribution in [-0.2, 0) is 7.05 Å². The SMILES string of the molecule is CCC(N)(C#N)CCCSc1nncn1C. The first-order valence-corrected chi connectivity index (χ1v) is 6.27. The van der Waals surface area contributed by atoms with Crippen molar-refractivity contribution in [1.82, 2.24) is 14.8 Å². The van der Waals surface area contributed by atoms with E-state index in [1.165, 1.54) is 0 Å². The molecule has 1 aromatic heterocycles. The Bertz CT molecular complexity index is 370. The summed E-state index contributed by atoms with van der Waals surface area (Å²) >= 11 is 1.64. The van der Waals surface area contributed by atoms with Crippen molar-refractivity contribution in [2.45, 2.75) is 36.9 Å². The van der Waals surface area contributed by atoms with Crippen molar-refractivity contribution in [2.24, 2.45) is 12.8 Å². The molecule has 2 N–H and O–H groups in total. The zero-order valence-electron chi connectivity index (χ0n) is 9.68. The first-order chi connectivity index (χ1) is 7.61. The quantitative estimate of drug-likeness (QED) is 0.598. The van der Waals surface area contributed by atoms with Gasteiger partial charge in [0, 0.05) is 12.8 Å². The fraction of sp³-hybridized carbons (Fsp3) is 0.700. The van der Waals surface area contributed by atoms with Crippen LogP contribution in [0.25, 0.3) is 0 Å². The third-order valence-corrected chi connectivity index (χ3v) is 3.64. The molecule has 0 aromatic carbocycles. The summed E-state index contributed by atoms with van der Waals surface area (Å²) in [5.74, 6) is 0.910. The van der Waals surface area contributed by atoms with E-state index >= 15 is 0 Å². The van der Waals surface area contributed by atoms with Gasteiger partial charge in [0.1, 0.15) is 11.9 Å². The number of rotatable bonds is 6. The van der Waals surface area contributed by atoms with Gasteiger partial charge < -0.3 is 10.3 Å².